The quantitative estimate of drug-likeness (QED) is 0.539. The van der Waals surface area contributed by atoms with Gasteiger partial charge < -0.3 is 0 Å². The molecule has 0 unspecified atom stereocenters. The minimum atomic E-state index is -1.40. The van der Waals surface area contributed by atoms with Crippen LogP contribution in [0.15, 0.2) is 0 Å². The molecule has 1 nitrogen and oxygen atoms in total. The van der Waals surface area contributed by atoms with Crippen molar-refractivity contribution in [1.82, 2.24) is 0 Å². The van der Waals surface area contributed by atoms with Crippen molar-refractivity contribution in [2.75, 3.05) is 13.3 Å². The first kappa shape index (κ1) is 7.35. The van der Waals surface area contributed by atoms with Crippen molar-refractivity contribution in [2.45, 2.75) is 6.92 Å². The summed E-state index contributed by atoms with van der Waals surface area (Å²) in [7, 11) is 0. The van der Waals surface area contributed by atoms with Crippen molar-refractivity contribution in [3.8, 4) is 6.07 Å². The fourth-order valence-electron chi connectivity index (χ4n) is 0.0955. The van der Waals surface area contributed by atoms with Crippen molar-refractivity contribution >= 4 is 0 Å². The number of rotatable bonds is 2. The van der Waals surface area contributed by atoms with Gasteiger partial charge in [0.1, 0.15) is 18.8 Å². The first-order valence-electron chi connectivity index (χ1n) is 2.22. The molecule has 0 spiro atoms. The van der Waals surface area contributed by atoms with Crippen LogP contribution in [-0.4, -0.2) is 13.3 Å². The average Bonchev–Trinajstić information content (AvgIpc) is 1.87. The summed E-state index contributed by atoms with van der Waals surface area (Å²) in [6, 6.07) is 1.53. The molecule has 0 radical (unpaired) electrons. The largest absolute Gasteiger partial charge is 0.249 e. The van der Waals surface area contributed by atoms with Crippen molar-refractivity contribution in [3.05, 3.63) is 0 Å². The molecule has 0 amide bonds. The monoisotopic (exact) mass is 119 g/mol. The molecule has 0 atom stereocenters. The summed E-state index contributed by atoms with van der Waals surface area (Å²) in [4.78, 5) is 0. The highest BCUT2D eigenvalue weighted by Crippen LogP contribution is 2.14. The van der Waals surface area contributed by atoms with E-state index in [1.54, 1.807) is 0 Å². The summed E-state index contributed by atoms with van der Waals surface area (Å²) in [6.45, 7) is -0.590. The van der Waals surface area contributed by atoms with E-state index in [4.69, 9.17) is 5.26 Å². The molecule has 0 saturated heterocycles. The van der Waals surface area contributed by atoms with Crippen molar-refractivity contribution in [1.29, 1.82) is 5.26 Å². The number of alkyl halides is 2. The molecule has 8 heavy (non-hydrogen) atoms. The van der Waals surface area contributed by atoms with Crippen LogP contribution in [0.4, 0.5) is 8.78 Å². The lowest BCUT2D eigenvalue weighted by Gasteiger charge is -2.09. The minimum Gasteiger partial charge on any atom is -0.249 e. The summed E-state index contributed by atoms with van der Waals surface area (Å²) in [5.74, 6) is 0. The zero-order valence-corrected chi connectivity index (χ0v) is 4.62. The van der Waals surface area contributed by atoms with E-state index in [1.165, 1.54) is 13.0 Å². The van der Waals surface area contributed by atoms with Gasteiger partial charge in [0.2, 0.25) is 0 Å². The third kappa shape index (κ3) is 1.45. The Bertz CT molecular complexity index is 101. The molecule has 0 rings (SSSR count). The van der Waals surface area contributed by atoms with E-state index in [1.807, 2.05) is 0 Å². The van der Waals surface area contributed by atoms with Gasteiger partial charge in [-0.2, -0.15) is 5.26 Å². The molecule has 0 heterocycles. The van der Waals surface area contributed by atoms with E-state index >= 15 is 0 Å². The van der Waals surface area contributed by atoms with Crippen LogP contribution in [-0.2, 0) is 0 Å². The highest BCUT2D eigenvalue weighted by atomic mass is 19.1. The molecule has 0 N–H and O–H groups in total. The first-order chi connectivity index (χ1) is 3.68. The van der Waals surface area contributed by atoms with Crippen LogP contribution in [0.25, 0.3) is 0 Å². The maximum atomic E-state index is 11.6. The van der Waals surface area contributed by atoms with Gasteiger partial charge in [-0.1, -0.05) is 0 Å². The molecular formula is C5H7F2N. The Kier molecular flexibility index (Phi) is 2.40. The molecule has 0 aromatic heterocycles. The molecule has 0 fully saturated rings. The molecule has 0 aromatic rings. The summed E-state index contributed by atoms with van der Waals surface area (Å²) in [6.07, 6.45) is 0. The zero-order valence-electron chi connectivity index (χ0n) is 4.62. The molecule has 46 valence electrons. The SMILES string of the molecule is CC(C#N)(CF)CF. The molecule has 3 heteroatoms. The van der Waals surface area contributed by atoms with Gasteiger partial charge >= 0.3 is 0 Å². The number of hydrogen-bond donors (Lipinski definition) is 0. The van der Waals surface area contributed by atoms with Crippen LogP contribution in [0.5, 0.6) is 0 Å². The highest BCUT2D eigenvalue weighted by Gasteiger charge is 2.22. The summed E-state index contributed by atoms with van der Waals surface area (Å²) in [5, 5.41) is 8.06. The fraction of sp³-hybridized carbons (Fsp3) is 0.800. The Morgan fingerprint density at radius 2 is 1.88 bits per heavy atom. The predicted molar refractivity (Wildman–Crippen MR) is 25.7 cm³/mol. The molecule has 0 saturated carbocycles. The third-order valence-corrected chi connectivity index (χ3v) is 0.860. The molecule has 0 aliphatic rings. The van der Waals surface area contributed by atoms with Gasteiger partial charge in [-0.05, 0) is 6.92 Å². The maximum Gasteiger partial charge on any atom is 0.111 e. The molecule has 0 aromatic carbocycles. The van der Waals surface area contributed by atoms with Gasteiger partial charge in [-0.3, -0.25) is 0 Å². The second-order valence-electron chi connectivity index (χ2n) is 1.94. The lowest BCUT2D eigenvalue weighted by molar-refractivity contribution is 0.238. The van der Waals surface area contributed by atoms with E-state index in [0.717, 1.165) is 0 Å². The second kappa shape index (κ2) is 2.61. The Hall–Kier alpha value is -0.650. The van der Waals surface area contributed by atoms with Gasteiger partial charge in [0.05, 0.1) is 6.07 Å². The van der Waals surface area contributed by atoms with Crippen LogP contribution >= 0.6 is 0 Å². The minimum absolute atomic E-state index is 0.917. The normalized spacial score (nSPS) is 10.8. The standard InChI is InChI=1S/C5H7F2N/c1-5(2-6,3-7)4-8/h2-3H2,1H3. The van der Waals surface area contributed by atoms with Crippen molar-refractivity contribution in [3.63, 3.8) is 0 Å². The molecular weight excluding hydrogens is 112 g/mol. The van der Waals surface area contributed by atoms with Crippen LogP contribution in [0.2, 0.25) is 0 Å². The topological polar surface area (TPSA) is 23.8 Å². The van der Waals surface area contributed by atoms with Gasteiger partial charge in [0.25, 0.3) is 0 Å². The smallest absolute Gasteiger partial charge is 0.111 e. The number of nitrogens with zero attached hydrogens (tertiary/aromatic N) is 1. The summed E-state index contributed by atoms with van der Waals surface area (Å²) >= 11 is 0. The van der Waals surface area contributed by atoms with Gasteiger partial charge in [0, 0.05) is 0 Å². The fourth-order valence-corrected chi connectivity index (χ4v) is 0.0955. The number of halogens is 2. The van der Waals surface area contributed by atoms with E-state index in [2.05, 4.69) is 0 Å². The van der Waals surface area contributed by atoms with Crippen LogP contribution in [0.1, 0.15) is 6.92 Å². The van der Waals surface area contributed by atoms with E-state index in [0.29, 0.717) is 0 Å². The van der Waals surface area contributed by atoms with E-state index in [-0.39, 0.29) is 0 Å². The van der Waals surface area contributed by atoms with Crippen LogP contribution in [0, 0.1) is 16.7 Å². The third-order valence-electron chi connectivity index (χ3n) is 0.860. The van der Waals surface area contributed by atoms with Crippen molar-refractivity contribution < 1.29 is 8.78 Å². The van der Waals surface area contributed by atoms with Gasteiger partial charge in [0.15, 0.2) is 0 Å². The predicted octanol–water partition coefficient (Wildman–Crippen LogP) is 1.46. The average molecular weight is 119 g/mol. The first-order valence-corrected chi connectivity index (χ1v) is 2.22. The molecule has 0 aliphatic carbocycles. The Balaban J connectivity index is 3.83. The Morgan fingerprint density at radius 1 is 1.50 bits per heavy atom. The van der Waals surface area contributed by atoms with Crippen LogP contribution in [0.3, 0.4) is 0 Å². The van der Waals surface area contributed by atoms with E-state index < -0.39 is 18.8 Å². The van der Waals surface area contributed by atoms with Gasteiger partial charge in [-0.25, -0.2) is 8.78 Å². The second-order valence-corrected chi connectivity index (χ2v) is 1.94. The lowest BCUT2D eigenvalue weighted by atomic mass is 9.97. The van der Waals surface area contributed by atoms with Crippen LogP contribution < -0.4 is 0 Å². The Morgan fingerprint density at radius 3 is 1.88 bits per heavy atom. The van der Waals surface area contributed by atoms with E-state index in [9.17, 15) is 8.78 Å². The maximum absolute atomic E-state index is 11.6. The lowest BCUT2D eigenvalue weighted by Crippen LogP contribution is -2.18. The Labute approximate surface area is 46.9 Å². The number of nitriles is 1. The number of hydrogen-bond acceptors (Lipinski definition) is 1. The summed E-state index contributed by atoms with van der Waals surface area (Å²) in [5.41, 5.74) is -1.40. The van der Waals surface area contributed by atoms with Crippen molar-refractivity contribution in [2.24, 2.45) is 5.41 Å². The molecule has 0 aliphatic heterocycles. The van der Waals surface area contributed by atoms with Gasteiger partial charge in [-0.15, -0.1) is 0 Å². The zero-order chi connectivity index (χ0) is 6.62. The molecule has 0 bridgehead atoms. The highest BCUT2D eigenvalue weighted by molar-refractivity contribution is 4.94. The summed E-state index contributed by atoms with van der Waals surface area (Å²) < 4.78 is 23.2.